The molecule has 0 aromatic heterocycles. The van der Waals surface area contributed by atoms with E-state index in [1.165, 1.54) is 0 Å². The quantitative estimate of drug-likeness (QED) is 0.185. The first-order valence-electron chi connectivity index (χ1n) is 8.52. The van der Waals surface area contributed by atoms with Crippen molar-refractivity contribution in [3.05, 3.63) is 0 Å². The predicted octanol–water partition coefficient (Wildman–Crippen LogP) is -4.78. The van der Waals surface area contributed by atoms with Gasteiger partial charge in [0.1, 0.15) is 24.2 Å². The fourth-order valence-electron chi connectivity index (χ4n) is 2.72. The number of carbonyl (C=O) groups excluding carboxylic acids is 4. The van der Waals surface area contributed by atoms with Crippen molar-refractivity contribution >= 4 is 29.6 Å². The maximum absolute atomic E-state index is 12.8. The van der Waals surface area contributed by atoms with Gasteiger partial charge in [-0.15, -0.1) is 0 Å². The van der Waals surface area contributed by atoms with Gasteiger partial charge in [-0.3, -0.25) is 19.2 Å². The van der Waals surface area contributed by atoms with Crippen LogP contribution >= 0.6 is 0 Å². The largest absolute Gasteiger partial charge is 0.480 e. The average Bonchev–Trinajstić information content (AvgIpc) is 3.13. The Morgan fingerprint density at radius 1 is 1.07 bits per heavy atom. The van der Waals surface area contributed by atoms with Gasteiger partial charge in [0, 0.05) is 6.54 Å². The molecule has 4 atom stereocenters. The Morgan fingerprint density at radius 3 is 2.21 bits per heavy atom. The summed E-state index contributed by atoms with van der Waals surface area (Å²) < 4.78 is 0. The van der Waals surface area contributed by atoms with Crippen molar-refractivity contribution in [2.24, 2.45) is 11.5 Å². The van der Waals surface area contributed by atoms with Crippen LogP contribution in [0, 0.1) is 0 Å². The number of nitrogens with one attached hydrogen (secondary N) is 2. The summed E-state index contributed by atoms with van der Waals surface area (Å²) in [4.78, 5) is 60.3. The lowest BCUT2D eigenvalue weighted by molar-refractivity contribution is -0.146. The minimum atomic E-state index is -1.53. The summed E-state index contributed by atoms with van der Waals surface area (Å²) in [7, 11) is 0. The number of likely N-dealkylation sites (tertiary alicyclic amines) is 1. The van der Waals surface area contributed by atoms with Gasteiger partial charge in [0.15, 0.2) is 0 Å². The van der Waals surface area contributed by atoms with Crippen LogP contribution in [0.25, 0.3) is 0 Å². The summed E-state index contributed by atoms with van der Waals surface area (Å²) in [5.41, 5.74) is 10.5. The van der Waals surface area contributed by atoms with Crippen molar-refractivity contribution in [2.45, 2.75) is 43.4 Å². The highest BCUT2D eigenvalue weighted by Gasteiger charge is 2.39. The second kappa shape index (κ2) is 10.5. The molecule has 1 aliphatic heterocycles. The molecule has 1 rings (SSSR count). The molecule has 0 aromatic carbocycles. The molecular formula is C15H25N5O8. The number of hydrogen-bond donors (Lipinski definition) is 7. The number of hydrogen-bond acceptors (Lipinski definition) is 8. The Balaban J connectivity index is 2.93. The van der Waals surface area contributed by atoms with E-state index < -0.39 is 73.4 Å². The van der Waals surface area contributed by atoms with E-state index in [-0.39, 0.29) is 13.0 Å². The molecule has 13 nitrogen and oxygen atoms in total. The first kappa shape index (κ1) is 23.3. The number of amides is 4. The van der Waals surface area contributed by atoms with Gasteiger partial charge in [-0.1, -0.05) is 0 Å². The summed E-state index contributed by atoms with van der Waals surface area (Å²) in [5, 5.41) is 31.2. The lowest BCUT2D eigenvalue weighted by Crippen LogP contribution is -2.58. The van der Waals surface area contributed by atoms with E-state index >= 15 is 0 Å². The zero-order valence-corrected chi connectivity index (χ0v) is 15.0. The van der Waals surface area contributed by atoms with Crippen molar-refractivity contribution < 1.29 is 39.3 Å². The van der Waals surface area contributed by atoms with Crippen molar-refractivity contribution in [3.8, 4) is 0 Å². The Kier molecular flexibility index (Phi) is 8.76. The highest BCUT2D eigenvalue weighted by atomic mass is 16.4. The molecule has 1 heterocycles. The van der Waals surface area contributed by atoms with E-state index in [0.29, 0.717) is 6.42 Å². The molecule has 0 radical (unpaired) electrons. The number of aliphatic hydroxyl groups is 2. The first-order chi connectivity index (χ1) is 13.1. The van der Waals surface area contributed by atoms with Crippen molar-refractivity contribution in [1.82, 2.24) is 15.5 Å². The van der Waals surface area contributed by atoms with Crippen LogP contribution < -0.4 is 22.1 Å². The molecular weight excluding hydrogens is 378 g/mol. The monoisotopic (exact) mass is 403 g/mol. The Bertz CT molecular complexity index is 628. The molecule has 4 unspecified atom stereocenters. The van der Waals surface area contributed by atoms with E-state index in [9.17, 15) is 24.0 Å². The normalized spacial score (nSPS) is 19.4. The highest BCUT2D eigenvalue weighted by molar-refractivity contribution is 5.96. The summed E-state index contributed by atoms with van der Waals surface area (Å²) >= 11 is 0. The number of carboxylic acid groups (broad SMARTS) is 1. The van der Waals surface area contributed by atoms with Crippen LogP contribution in [0.1, 0.15) is 19.3 Å². The smallest absolute Gasteiger partial charge is 0.328 e. The SMILES string of the molecule is NC(=O)CC(NC(=O)C(N)CO)C(=O)N1CCCC1C(=O)NC(CO)C(=O)O. The number of rotatable bonds is 10. The third-order valence-electron chi connectivity index (χ3n) is 4.19. The molecule has 158 valence electrons. The fraction of sp³-hybridized carbons (Fsp3) is 0.667. The molecule has 0 aromatic rings. The fourth-order valence-corrected chi connectivity index (χ4v) is 2.72. The Morgan fingerprint density at radius 2 is 1.71 bits per heavy atom. The molecule has 1 aliphatic rings. The third-order valence-corrected chi connectivity index (χ3v) is 4.19. The van der Waals surface area contributed by atoms with Gasteiger partial charge in [-0.25, -0.2) is 4.79 Å². The Labute approximate surface area is 160 Å². The minimum absolute atomic E-state index is 0.130. The van der Waals surface area contributed by atoms with Crippen LogP contribution in [0.2, 0.25) is 0 Å². The van der Waals surface area contributed by atoms with Crippen molar-refractivity contribution in [3.63, 3.8) is 0 Å². The molecule has 28 heavy (non-hydrogen) atoms. The molecule has 0 spiro atoms. The predicted molar refractivity (Wildman–Crippen MR) is 92.2 cm³/mol. The molecule has 1 fully saturated rings. The molecule has 0 saturated carbocycles. The summed E-state index contributed by atoms with van der Waals surface area (Å²) in [6, 6.07) is -5.29. The molecule has 0 aliphatic carbocycles. The van der Waals surface area contributed by atoms with Gasteiger partial charge in [0.2, 0.25) is 23.6 Å². The number of aliphatic carboxylic acids is 1. The van der Waals surface area contributed by atoms with Crippen molar-refractivity contribution in [1.29, 1.82) is 0 Å². The van der Waals surface area contributed by atoms with Gasteiger partial charge in [0.05, 0.1) is 19.6 Å². The van der Waals surface area contributed by atoms with E-state index in [2.05, 4.69) is 10.6 Å². The first-order valence-corrected chi connectivity index (χ1v) is 8.52. The average molecular weight is 403 g/mol. The van der Waals surface area contributed by atoms with Crippen LogP contribution in [0.3, 0.4) is 0 Å². The van der Waals surface area contributed by atoms with Crippen LogP contribution in [0.5, 0.6) is 0 Å². The minimum Gasteiger partial charge on any atom is -0.480 e. The maximum atomic E-state index is 12.8. The molecule has 9 N–H and O–H groups in total. The lowest BCUT2D eigenvalue weighted by Gasteiger charge is -2.29. The Hall–Kier alpha value is -2.77. The molecule has 4 amide bonds. The second-order valence-corrected chi connectivity index (χ2v) is 6.29. The lowest BCUT2D eigenvalue weighted by atomic mass is 10.1. The second-order valence-electron chi connectivity index (χ2n) is 6.29. The molecule has 1 saturated heterocycles. The summed E-state index contributed by atoms with van der Waals surface area (Å²) in [6.07, 6.45) is 0.0960. The van der Waals surface area contributed by atoms with Gasteiger partial charge >= 0.3 is 5.97 Å². The number of nitrogens with zero attached hydrogens (tertiary/aromatic N) is 1. The molecule has 0 bridgehead atoms. The van der Waals surface area contributed by atoms with Crippen LogP contribution in [0.15, 0.2) is 0 Å². The van der Waals surface area contributed by atoms with Gasteiger partial charge in [-0.2, -0.15) is 0 Å². The third kappa shape index (κ3) is 6.14. The zero-order chi connectivity index (χ0) is 21.4. The van der Waals surface area contributed by atoms with E-state index in [1.807, 2.05) is 0 Å². The van der Waals surface area contributed by atoms with E-state index in [1.54, 1.807) is 0 Å². The number of carbonyl (C=O) groups is 5. The van der Waals surface area contributed by atoms with E-state index in [4.69, 9.17) is 26.8 Å². The number of nitrogens with two attached hydrogens (primary N) is 2. The zero-order valence-electron chi connectivity index (χ0n) is 15.0. The molecule has 13 heteroatoms. The maximum Gasteiger partial charge on any atom is 0.328 e. The van der Waals surface area contributed by atoms with Gasteiger partial charge in [0.25, 0.3) is 0 Å². The van der Waals surface area contributed by atoms with E-state index in [0.717, 1.165) is 4.90 Å². The number of aliphatic hydroxyl groups excluding tert-OH is 2. The summed E-state index contributed by atoms with van der Waals surface area (Å²) in [5.74, 6) is -4.77. The van der Waals surface area contributed by atoms with Gasteiger partial charge < -0.3 is 42.3 Å². The van der Waals surface area contributed by atoms with Crippen LogP contribution in [-0.4, -0.2) is 93.7 Å². The van der Waals surface area contributed by atoms with Crippen LogP contribution in [-0.2, 0) is 24.0 Å². The van der Waals surface area contributed by atoms with Crippen LogP contribution in [0.4, 0.5) is 0 Å². The van der Waals surface area contributed by atoms with Crippen molar-refractivity contribution in [2.75, 3.05) is 19.8 Å². The van der Waals surface area contributed by atoms with Gasteiger partial charge in [-0.05, 0) is 12.8 Å². The number of carboxylic acids is 1. The highest BCUT2D eigenvalue weighted by Crippen LogP contribution is 2.19. The number of primary amides is 1. The topological polar surface area (TPSA) is 225 Å². The summed E-state index contributed by atoms with van der Waals surface area (Å²) in [6.45, 7) is -1.39. The standard InChI is InChI=1S/C15H25N5O8/c16-7(5-21)12(24)18-8(4-11(17)23)14(26)20-3-1-2-10(20)13(25)19-9(6-22)15(27)28/h7-10,21-22H,1-6,16H2,(H2,17,23)(H,18,24)(H,19,25)(H,27,28).